The molecule has 0 atom stereocenters. The molecule has 0 bridgehead atoms. The summed E-state index contributed by atoms with van der Waals surface area (Å²) in [6.45, 7) is 4.78. The lowest BCUT2D eigenvalue weighted by Gasteiger charge is -2.26. The van der Waals surface area contributed by atoms with E-state index in [9.17, 15) is 4.79 Å². The number of halogens is 1. The standard InChI is InChI=1S/C13H19ClN4O2/c1-15-12-11(14)8-10(9-17-12)13(19)16-2-3-18-4-6-20-7-5-18/h8-9H,2-7H2,1H3,(H,15,17)(H,16,19). The molecule has 0 spiro atoms. The smallest absolute Gasteiger partial charge is 0.252 e. The van der Waals surface area contributed by atoms with Crippen LogP contribution in [0, 0.1) is 0 Å². The number of carbonyl (C=O) groups excluding carboxylic acids is 1. The van der Waals surface area contributed by atoms with Crippen LogP contribution in [0.15, 0.2) is 12.3 Å². The van der Waals surface area contributed by atoms with Gasteiger partial charge in [-0.3, -0.25) is 9.69 Å². The molecular weight excluding hydrogens is 280 g/mol. The van der Waals surface area contributed by atoms with Crippen LogP contribution in [-0.4, -0.2) is 62.2 Å². The molecule has 110 valence electrons. The van der Waals surface area contributed by atoms with Crippen molar-refractivity contribution in [3.63, 3.8) is 0 Å². The number of nitrogens with zero attached hydrogens (tertiary/aromatic N) is 2. The average Bonchev–Trinajstić information content (AvgIpc) is 2.48. The van der Waals surface area contributed by atoms with Crippen LogP contribution < -0.4 is 10.6 Å². The van der Waals surface area contributed by atoms with Gasteiger partial charge in [0.25, 0.3) is 5.91 Å². The number of rotatable bonds is 5. The summed E-state index contributed by atoms with van der Waals surface area (Å²) in [5, 5.41) is 6.16. The van der Waals surface area contributed by atoms with Crippen molar-refractivity contribution >= 4 is 23.3 Å². The minimum absolute atomic E-state index is 0.157. The summed E-state index contributed by atoms with van der Waals surface area (Å²) in [4.78, 5) is 18.3. The van der Waals surface area contributed by atoms with E-state index in [1.807, 2.05) is 0 Å². The number of pyridine rings is 1. The molecule has 6 nitrogen and oxygen atoms in total. The Kier molecular flexibility index (Phi) is 5.58. The number of hydrogen-bond donors (Lipinski definition) is 2. The zero-order chi connectivity index (χ0) is 14.4. The largest absolute Gasteiger partial charge is 0.379 e. The number of morpholine rings is 1. The maximum atomic E-state index is 12.0. The summed E-state index contributed by atoms with van der Waals surface area (Å²) >= 11 is 6.00. The summed E-state index contributed by atoms with van der Waals surface area (Å²) in [6.07, 6.45) is 1.52. The lowest BCUT2D eigenvalue weighted by Crippen LogP contribution is -2.41. The molecule has 1 aromatic heterocycles. The fourth-order valence-electron chi connectivity index (χ4n) is 2.00. The van der Waals surface area contributed by atoms with E-state index in [1.54, 1.807) is 13.1 Å². The Hall–Kier alpha value is -1.37. The van der Waals surface area contributed by atoms with E-state index in [1.165, 1.54) is 6.20 Å². The van der Waals surface area contributed by atoms with E-state index in [4.69, 9.17) is 16.3 Å². The van der Waals surface area contributed by atoms with Gasteiger partial charge in [0.15, 0.2) is 0 Å². The fraction of sp³-hybridized carbons (Fsp3) is 0.538. The van der Waals surface area contributed by atoms with Crippen LogP contribution in [0.25, 0.3) is 0 Å². The van der Waals surface area contributed by atoms with Gasteiger partial charge in [0, 0.05) is 39.4 Å². The van der Waals surface area contributed by atoms with E-state index >= 15 is 0 Å². The van der Waals surface area contributed by atoms with Gasteiger partial charge in [-0.25, -0.2) is 4.98 Å². The lowest BCUT2D eigenvalue weighted by molar-refractivity contribution is 0.0383. The van der Waals surface area contributed by atoms with E-state index < -0.39 is 0 Å². The molecular formula is C13H19ClN4O2. The first kappa shape index (κ1) is 15.0. The lowest BCUT2D eigenvalue weighted by atomic mass is 10.2. The Morgan fingerprint density at radius 3 is 2.90 bits per heavy atom. The normalized spacial score (nSPS) is 15.9. The first-order valence-electron chi connectivity index (χ1n) is 6.62. The van der Waals surface area contributed by atoms with Crippen molar-refractivity contribution in [2.75, 3.05) is 51.8 Å². The summed E-state index contributed by atoms with van der Waals surface area (Å²) in [5.41, 5.74) is 0.468. The van der Waals surface area contributed by atoms with Crippen molar-refractivity contribution in [2.45, 2.75) is 0 Å². The number of hydrogen-bond acceptors (Lipinski definition) is 5. The summed E-state index contributed by atoms with van der Waals surface area (Å²) < 4.78 is 5.27. The predicted molar refractivity (Wildman–Crippen MR) is 78.4 cm³/mol. The third kappa shape index (κ3) is 4.06. The van der Waals surface area contributed by atoms with Gasteiger partial charge >= 0.3 is 0 Å². The predicted octanol–water partition coefficient (Wildman–Crippen LogP) is 0.839. The van der Waals surface area contributed by atoms with Crippen LogP contribution in [0.4, 0.5) is 5.82 Å². The highest BCUT2D eigenvalue weighted by Gasteiger charge is 2.12. The summed E-state index contributed by atoms with van der Waals surface area (Å²) in [7, 11) is 1.73. The number of anilines is 1. The van der Waals surface area contributed by atoms with Crippen molar-refractivity contribution in [1.29, 1.82) is 0 Å². The SMILES string of the molecule is CNc1ncc(C(=O)NCCN2CCOCC2)cc1Cl. The molecule has 1 aliphatic rings. The van der Waals surface area contributed by atoms with Gasteiger partial charge in [-0.15, -0.1) is 0 Å². The van der Waals surface area contributed by atoms with E-state index in [2.05, 4.69) is 20.5 Å². The highest BCUT2D eigenvalue weighted by atomic mass is 35.5. The number of ether oxygens (including phenoxy) is 1. The van der Waals surface area contributed by atoms with Gasteiger partial charge in [-0.1, -0.05) is 11.6 Å². The first-order valence-corrected chi connectivity index (χ1v) is 7.00. The van der Waals surface area contributed by atoms with Crippen molar-refractivity contribution < 1.29 is 9.53 Å². The zero-order valence-electron chi connectivity index (χ0n) is 11.5. The molecule has 1 aromatic rings. The van der Waals surface area contributed by atoms with E-state index in [0.29, 0.717) is 22.9 Å². The van der Waals surface area contributed by atoms with Gasteiger partial charge in [-0.2, -0.15) is 0 Å². The van der Waals surface area contributed by atoms with Gasteiger partial charge in [-0.05, 0) is 6.07 Å². The third-order valence-electron chi connectivity index (χ3n) is 3.16. The Balaban J connectivity index is 1.80. The van der Waals surface area contributed by atoms with Crippen LogP contribution >= 0.6 is 11.6 Å². The zero-order valence-corrected chi connectivity index (χ0v) is 12.2. The second-order valence-electron chi connectivity index (χ2n) is 4.51. The van der Waals surface area contributed by atoms with E-state index in [0.717, 1.165) is 32.8 Å². The maximum absolute atomic E-state index is 12.0. The average molecular weight is 299 g/mol. The molecule has 1 saturated heterocycles. The van der Waals surface area contributed by atoms with Gasteiger partial charge < -0.3 is 15.4 Å². The molecule has 2 heterocycles. The van der Waals surface area contributed by atoms with Crippen molar-refractivity contribution in [1.82, 2.24) is 15.2 Å². The molecule has 0 unspecified atom stereocenters. The molecule has 0 saturated carbocycles. The molecule has 20 heavy (non-hydrogen) atoms. The second-order valence-corrected chi connectivity index (χ2v) is 4.92. The monoisotopic (exact) mass is 298 g/mol. The highest BCUT2D eigenvalue weighted by molar-refractivity contribution is 6.33. The van der Waals surface area contributed by atoms with Gasteiger partial charge in [0.2, 0.25) is 0 Å². The van der Waals surface area contributed by atoms with Crippen molar-refractivity contribution in [2.24, 2.45) is 0 Å². The van der Waals surface area contributed by atoms with Crippen LogP contribution in [0.5, 0.6) is 0 Å². The quantitative estimate of drug-likeness (QED) is 0.843. The second kappa shape index (κ2) is 7.42. The molecule has 1 aliphatic heterocycles. The number of nitrogens with one attached hydrogen (secondary N) is 2. The van der Waals surface area contributed by atoms with Crippen LogP contribution in [0.2, 0.25) is 5.02 Å². The maximum Gasteiger partial charge on any atom is 0.252 e. The Labute approximate surface area is 123 Å². The number of carbonyl (C=O) groups is 1. The molecule has 1 amide bonds. The number of amides is 1. The van der Waals surface area contributed by atoms with Crippen LogP contribution in [0.1, 0.15) is 10.4 Å². The Morgan fingerprint density at radius 1 is 1.50 bits per heavy atom. The molecule has 2 rings (SSSR count). The molecule has 0 radical (unpaired) electrons. The molecule has 0 aromatic carbocycles. The molecule has 7 heteroatoms. The van der Waals surface area contributed by atoms with Gasteiger partial charge in [0.05, 0.1) is 23.8 Å². The topological polar surface area (TPSA) is 66.5 Å². The Bertz CT molecular complexity index is 464. The molecule has 2 N–H and O–H groups in total. The van der Waals surface area contributed by atoms with Gasteiger partial charge in [0.1, 0.15) is 5.82 Å². The molecule has 1 fully saturated rings. The van der Waals surface area contributed by atoms with Crippen LogP contribution in [-0.2, 0) is 4.74 Å². The van der Waals surface area contributed by atoms with Crippen LogP contribution in [0.3, 0.4) is 0 Å². The summed E-state index contributed by atoms with van der Waals surface area (Å²) in [6, 6.07) is 1.62. The number of aromatic nitrogens is 1. The molecule has 0 aliphatic carbocycles. The third-order valence-corrected chi connectivity index (χ3v) is 3.45. The van der Waals surface area contributed by atoms with Crippen molar-refractivity contribution in [3.8, 4) is 0 Å². The van der Waals surface area contributed by atoms with E-state index in [-0.39, 0.29) is 5.91 Å². The minimum Gasteiger partial charge on any atom is -0.379 e. The minimum atomic E-state index is -0.157. The highest BCUT2D eigenvalue weighted by Crippen LogP contribution is 2.19. The van der Waals surface area contributed by atoms with Crippen molar-refractivity contribution in [3.05, 3.63) is 22.8 Å². The summed E-state index contributed by atoms with van der Waals surface area (Å²) in [5.74, 6) is 0.409. The first-order chi connectivity index (χ1) is 9.70. The fourth-order valence-corrected chi connectivity index (χ4v) is 2.26. The Morgan fingerprint density at radius 2 is 2.25 bits per heavy atom.